The maximum atomic E-state index is 5.83. The van der Waals surface area contributed by atoms with E-state index in [2.05, 4.69) is 13.8 Å². The van der Waals surface area contributed by atoms with Crippen LogP contribution in [0.1, 0.15) is 26.7 Å². The Morgan fingerprint density at radius 1 is 1.25 bits per heavy atom. The number of rotatable bonds is 1. The lowest BCUT2D eigenvalue weighted by atomic mass is 9.94. The molecule has 2 rings (SSSR count). The Bertz CT molecular complexity index is 169. The van der Waals surface area contributed by atoms with Gasteiger partial charge in [-0.25, -0.2) is 0 Å². The van der Waals surface area contributed by atoms with Crippen LogP contribution >= 0.6 is 0 Å². The summed E-state index contributed by atoms with van der Waals surface area (Å²) < 4.78 is 11.3. The minimum Gasteiger partial charge on any atom is -0.379 e. The van der Waals surface area contributed by atoms with Crippen LogP contribution in [0.25, 0.3) is 0 Å². The molecule has 2 heteroatoms. The van der Waals surface area contributed by atoms with Crippen molar-refractivity contribution < 1.29 is 9.47 Å². The zero-order valence-electron chi connectivity index (χ0n) is 8.12. The Morgan fingerprint density at radius 3 is 2.67 bits per heavy atom. The van der Waals surface area contributed by atoms with Gasteiger partial charge in [-0.05, 0) is 31.6 Å². The van der Waals surface area contributed by atoms with Gasteiger partial charge >= 0.3 is 0 Å². The summed E-state index contributed by atoms with van der Waals surface area (Å²) >= 11 is 0. The van der Waals surface area contributed by atoms with Gasteiger partial charge in [-0.3, -0.25) is 0 Å². The summed E-state index contributed by atoms with van der Waals surface area (Å²) in [5.41, 5.74) is 0. The third-order valence-corrected chi connectivity index (χ3v) is 3.42. The highest BCUT2D eigenvalue weighted by molar-refractivity contribution is 4.96. The third kappa shape index (κ3) is 1.17. The highest BCUT2D eigenvalue weighted by Crippen LogP contribution is 2.43. The number of hydrogen-bond acceptors (Lipinski definition) is 2. The molecule has 70 valence electrons. The minimum absolute atomic E-state index is 0.356. The molecule has 0 N–H and O–H groups in total. The Morgan fingerprint density at radius 2 is 2.00 bits per heavy atom. The standard InChI is InChI=1S/C10H18O2/c1-6-4-9(11-3)10-8(6)5-7(2)12-10/h6-10H,4-5H2,1-3H3/t6-,7-,8+,9-,10+/m1/s1. The van der Waals surface area contributed by atoms with Crippen LogP contribution < -0.4 is 0 Å². The molecule has 0 unspecified atom stereocenters. The van der Waals surface area contributed by atoms with E-state index in [0.29, 0.717) is 18.3 Å². The Hall–Kier alpha value is -0.0800. The smallest absolute Gasteiger partial charge is 0.0871 e. The van der Waals surface area contributed by atoms with Gasteiger partial charge in [0.15, 0.2) is 0 Å². The second-order valence-corrected chi connectivity index (χ2v) is 4.30. The van der Waals surface area contributed by atoms with E-state index in [4.69, 9.17) is 9.47 Å². The summed E-state index contributed by atoms with van der Waals surface area (Å²) in [5, 5.41) is 0. The highest BCUT2D eigenvalue weighted by atomic mass is 16.5. The summed E-state index contributed by atoms with van der Waals surface area (Å²) in [6.07, 6.45) is 3.60. The quantitative estimate of drug-likeness (QED) is 0.597. The number of fused-ring (bicyclic) bond motifs is 1. The molecule has 0 aromatic carbocycles. The first-order valence-electron chi connectivity index (χ1n) is 4.90. The molecule has 1 aliphatic heterocycles. The van der Waals surface area contributed by atoms with Crippen LogP contribution in [0.2, 0.25) is 0 Å². The van der Waals surface area contributed by atoms with E-state index < -0.39 is 0 Å². The second-order valence-electron chi connectivity index (χ2n) is 4.30. The molecule has 0 aromatic heterocycles. The third-order valence-electron chi connectivity index (χ3n) is 3.42. The molecule has 0 spiro atoms. The summed E-state index contributed by atoms with van der Waals surface area (Å²) in [6, 6.07) is 0. The maximum absolute atomic E-state index is 5.83. The molecule has 5 atom stereocenters. The summed E-state index contributed by atoms with van der Waals surface area (Å²) in [7, 11) is 1.80. The molecule has 12 heavy (non-hydrogen) atoms. The molecule has 0 bridgehead atoms. The van der Waals surface area contributed by atoms with E-state index in [1.54, 1.807) is 7.11 Å². The normalized spacial score (nSPS) is 52.8. The lowest BCUT2D eigenvalue weighted by Crippen LogP contribution is -2.25. The van der Waals surface area contributed by atoms with Gasteiger partial charge in [-0.2, -0.15) is 0 Å². The van der Waals surface area contributed by atoms with Crippen molar-refractivity contribution in [2.45, 2.75) is 45.0 Å². The van der Waals surface area contributed by atoms with Crippen molar-refractivity contribution in [2.75, 3.05) is 7.11 Å². The average Bonchev–Trinajstić information content (AvgIpc) is 2.52. The molecular formula is C10H18O2. The Labute approximate surface area is 74.2 Å². The SMILES string of the molecule is CO[C@@H]1C[C@@H](C)[C@@H]2C[C@@H](C)O[C@@H]21. The van der Waals surface area contributed by atoms with Gasteiger partial charge in [-0.1, -0.05) is 6.92 Å². The van der Waals surface area contributed by atoms with Crippen LogP contribution in [0.15, 0.2) is 0 Å². The van der Waals surface area contributed by atoms with Gasteiger partial charge < -0.3 is 9.47 Å². The minimum atomic E-state index is 0.356. The lowest BCUT2D eigenvalue weighted by Gasteiger charge is -2.16. The fourth-order valence-corrected chi connectivity index (χ4v) is 2.77. The predicted octanol–water partition coefficient (Wildman–Crippen LogP) is 1.83. The topological polar surface area (TPSA) is 18.5 Å². The van der Waals surface area contributed by atoms with Crippen LogP contribution in [0.5, 0.6) is 0 Å². The van der Waals surface area contributed by atoms with Gasteiger partial charge in [0.2, 0.25) is 0 Å². The maximum Gasteiger partial charge on any atom is 0.0871 e. The molecule has 0 aromatic rings. The Kier molecular flexibility index (Phi) is 2.13. The van der Waals surface area contributed by atoms with Crippen LogP contribution in [-0.2, 0) is 9.47 Å². The van der Waals surface area contributed by atoms with Crippen molar-refractivity contribution in [3.05, 3.63) is 0 Å². The molecule has 1 saturated carbocycles. The second kappa shape index (κ2) is 3.00. The predicted molar refractivity (Wildman–Crippen MR) is 47.0 cm³/mol. The zero-order valence-corrected chi connectivity index (χ0v) is 8.12. The van der Waals surface area contributed by atoms with E-state index in [1.165, 1.54) is 12.8 Å². The van der Waals surface area contributed by atoms with E-state index in [0.717, 1.165) is 11.8 Å². The first-order valence-corrected chi connectivity index (χ1v) is 4.90. The first kappa shape index (κ1) is 8.52. The van der Waals surface area contributed by atoms with Crippen molar-refractivity contribution in [1.29, 1.82) is 0 Å². The Balaban J connectivity index is 2.08. The van der Waals surface area contributed by atoms with Crippen LogP contribution in [0.4, 0.5) is 0 Å². The van der Waals surface area contributed by atoms with Crippen LogP contribution in [-0.4, -0.2) is 25.4 Å². The van der Waals surface area contributed by atoms with Crippen LogP contribution in [0.3, 0.4) is 0 Å². The van der Waals surface area contributed by atoms with Gasteiger partial charge in [0.05, 0.1) is 18.3 Å². The number of hydrogen-bond donors (Lipinski definition) is 0. The van der Waals surface area contributed by atoms with Gasteiger partial charge in [0.1, 0.15) is 0 Å². The number of methoxy groups -OCH3 is 1. The molecule has 2 nitrogen and oxygen atoms in total. The van der Waals surface area contributed by atoms with Crippen molar-refractivity contribution in [3.63, 3.8) is 0 Å². The van der Waals surface area contributed by atoms with E-state index in [-0.39, 0.29) is 0 Å². The summed E-state index contributed by atoms with van der Waals surface area (Å²) in [6.45, 7) is 4.48. The van der Waals surface area contributed by atoms with E-state index in [9.17, 15) is 0 Å². The summed E-state index contributed by atoms with van der Waals surface area (Å²) in [5.74, 6) is 1.54. The lowest BCUT2D eigenvalue weighted by molar-refractivity contribution is -0.0406. The molecule has 0 amide bonds. The average molecular weight is 170 g/mol. The zero-order chi connectivity index (χ0) is 8.72. The molecule has 1 heterocycles. The van der Waals surface area contributed by atoms with Crippen molar-refractivity contribution >= 4 is 0 Å². The van der Waals surface area contributed by atoms with Gasteiger partial charge in [0.25, 0.3) is 0 Å². The first-order chi connectivity index (χ1) is 5.72. The van der Waals surface area contributed by atoms with Gasteiger partial charge in [0, 0.05) is 7.11 Å². The van der Waals surface area contributed by atoms with Gasteiger partial charge in [-0.15, -0.1) is 0 Å². The summed E-state index contributed by atoms with van der Waals surface area (Å²) in [4.78, 5) is 0. The fraction of sp³-hybridized carbons (Fsp3) is 1.00. The largest absolute Gasteiger partial charge is 0.379 e. The fourth-order valence-electron chi connectivity index (χ4n) is 2.77. The monoisotopic (exact) mass is 170 g/mol. The van der Waals surface area contributed by atoms with Crippen LogP contribution in [0, 0.1) is 11.8 Å². The van der Waals surface area contributed by atoms with Crippen molar-refractivity contribution in [3.8, 4) is 0 Å². The van der Waals surface area contributed by atoms with Crippen molar-refractivity contribution in [2.24, 2.45) is 11.8 Å². The molecular weight excluding hydrogens is 152 g/mol. The molecule has 1 saturated heterocycles. The molecule has 2 aliphatic rings. The number of ether oxygens (including phenoxy) is 2. The molecule has 1 aliphatic carbocycles. The molecule has 0 radical (unpaired) electrons. The van der Waals surface area contributed by atoms with E-state index in [1.807, 2.05) is 0 Å². The van der Waals surface area contributed by atoms with E-state index >= 15 is 0 Å². The van der Waals surface area contributed by atoms with Crippen molar-refractivity contribution in [1.82, 2.24) is 0 Å². The highest BCUT2D eigenvalue weighted by Gasteiger charge is 2.47. The molecule has 2 fully saturated rings.